The SMILES string of the molecule is [CH2]CC(=O)OCCC(=O)O. The maximum absolute atomic E-state index is 10.3. The number of hydrogen-bond donors (Lipinski definition) is 1. The topological polar surface area (TPSA) is 63.6 Å². The molecule has 0 aromatic carbocycles. The fourth-order valence-electron chi connectivity index (χ4n) is 0.324. The third-order valence-corrected chi connectivity index (χ3v) is 0.783. The van der Waals surface area contributed by atoms with Crippen LogP contribution in [0.1, 0.15) is 12.8 Å². The highest BCUT2D eigenvalue weighted by Gasteiger charge is 2.00. The molecule has 0 fully saturated rings. The number of esters is 1. The third kappa shape index (κ3) is 5.08. The summed E-state index contributed by atoms with van der Waals surface area (Å²) in [6.07, 6.45) is -0.106. The molecule has 0 atom stereocenters. The molecule has 0 bridgehead atoms. The Bertz CT molecular complexity index is 130. The first-order valence-corrected chi connectivity index (χ1v) is 2.83. The minimum absolute atomic E-state index is 0.0413. The van der Waals surface area contributed by atoms with Gasteiger partial charge in [0.1, 0.15) is 6.61 Å². The van der Waals surface area contributed by atoms with E-state index in [1.807, 2.05) is 0 Å². The van der Waals surface area contributed by atoms with Gasteiger partial charge in [0.15, 0.2) is 0 Å². The van der Waals surface area contributed by atoms with Crippen molar-refractivity contribution in [3.8, 4) is 0 Å². The first-order valence-electron chi connectivity index (χ1n) is 2.83. The molecule has 0 saturated heterocycles. The molecule has 0 spiro atoms. The van der Waals surface area contributed by atoms with Gasteiger partial charge >= 0.3 is 11.9 Å². The Balaban J connectivity index is 3.20. The van der Waals surface area contributed by atoms with Crippen molar-refractivity contribution in [1.29, 1.82) is 0 Å². The number of rotatable bonds is 4. The number of carbonyl (C=O) groups is 2. The molecule has 0 saturated carbocycles. The van der Waals surface area contributed by atoms with E-state index in [4.69, 9.17) is 5.11 Å². The summed E-state index contributed by atoms with van der Waals surface area (Å²) in [5.41, 5.74) is 0. The number of ether oxygens (including phenoxy) is 1. The zero-order chi connectivity index (χ0) is 7.98. The van der Waals surface area contributed by atoms with Crippen molar-refractivity contribution in [1.82, 2.24) is 0 Å². The standard InChI is InChI=1S/C6H9O4/c1-2-6(9)10-4-3-5(7)8/h1-4H2,(H,7,8). The Morgan fingerprint density at radius 3 is 2.50 bits per heavy atom. The summed E-state index contributed by atoms with van der Waals surface area (Å²) < 4.78 is 4.42. The van der Waals surface area contributed by atoms with Crippen LogP contribution in [0.4, 0.5) is 0 Å². The van der Waals surface area contributed by atoms with Crippen molar-refractivity contribution in [2.45, 2.75) is 12.8 Å². The molecule has 0 amide bonds. The summed E-state index contributed by atoms with van der Waals surface area (Å²) >= 11 is 0. The molecule has 0 heterocycles. The van der Waals surface area contributed by atoms with Gasteiger partial charge in [0.2, 0.25) is 0 Å². The molecule has 0 aliphatic rings. The highest BCUT2D eigenvalue weighted by atomic mass is 16.5. The molecule has 0 rings (SSSR count). The quantitative estimate of drug-likeness (QED) is 0.575. The molecular weight excluding hydrogens is 136 g/mol. The van der Waals surface area contributed by atoms with Crippen molar-refractivity contribution in [3.05, 3.63) is 6.92 Å². The zero-order valence-corrected chi connectivity index (χ0v) is 5.50. The van der Waals surface area contributed by atoms with Gasteiger partial charge in [-0.2, -0.15) is 0 Å². The van der Waals surface area contributed by atoms with Crippen molar-refractivity contribution >= 4 is 11.9 Å². The number of carbonyl (C=O) groups excluding carboxylic acids is 1. The second kappa shape index (κ2) is 4.78. The van der Waals surface area contributed by atoms with E-state index >= 15 is 0 Å². The van der Waals surface area contributed by atoms with Crippen molar-refractivity contribution in [2.75, 3.05) is 6.61 Å². The van der Waals surface area contributed by atoms with Gasteiger partial charge in [-0.15, -0.1) is 0 Å². The highest BCUT2D eigenvalue weighted by Crippen LogP contribution is 1.86. The van der Waals surface area contributed by atoms with E-state index in [0.29, 0.717) is 0 Å². The smallest absolute Gasteiger partial charge is 0.306 e. The Morgan fingerprint density at radius 2 is 2.10 bits per heavy atom. The van der Waals surface area contributed by atoms with Gasteiger partial charge in [-0.25, -0.2) is 0 Å². The van der Waals surface area contributed by atoms with Gasteiger partial charge in [0.05, 0.1) is 6.42 Å². The van der Waals surface area contributed by atoms with Crippen LogP contribution in [0.2, 0.25) is 0 Å². The molecule has 0 aromatic rings. The monoisotopic (exact) mass is 145 g/mol. The molecule has 0 aliphatic carbocycles. The van der Waals surface area contributed by atoms with E-state index in [0.717, 1.165) is 0 Å². The van der Waals surface area contributed by atoms with Gasteiger partial charge in [0, 0.05) is 6.42 Å². The first kappa shape index (κ1) is 8.94. The minimum atomic E-state index is -0.975. The van der Waals surface area contributed by atoms with Crippen molar-refractivity contribution in [3.63, 3.8) is 0 Å². The van der Waals surface area contributed by atoms with Crippen molar-refractivity contribution < 1.29 is 19.4 Å². The van der Waals surface area contributed by atoms with Crippen LogP contribution in [0, 0.1) is 6.92 Å². The Kier molecular flexibility index (Phi) is 4.28. The van der Waals surface area contributed by atoms with Crippen LogP contribution in [0.3, 0.4) is 0 Å². The maximum Gasteiger partial charge on any atom is 0.306 e. The largest absolute Gasteiger partial charge is 0.481 e. The second-order valence-corrected chi connectivity index (χ2v) is 1.61. The lowest BCUT2D eigenvalue weighted by Gasteiger charge is -1.98. The van der Waals surface area contributed by atoms with Crippen LogP contribution >= 0.6 is 0 Å². The van der Waals surface area contributed by atoms with E-state index in [2.05, 4.69) is 11.7 Å². The van der Waals surface area contributed by atoms with E-state index in [1.165, 1.54) is 0 Å². The third-order valence-electron chi connectivity index (χ3n) is 0.783. The van der Waals surface area contributed by atoms with E-state index in [-0.39, 0.29) is 19.4 Å². The molecule has 4 heteroatoms. The predicted molar refractivity (Wildman–Crippen MR) is 33.2 cm³/mol. The molecular formula is C6H9O4. The number of carboxylic acids is 1. The summed E-state index contributed by atoms with van der Waals surface area (Å²) in [5, 5.41) is 8.09. The molecule has 1 radical (unpaired) electrons. The molecule has 57 valence electrons. The molecule has 4 nitrogen and oxygen atoms in total. The van der Waals surface area contributed by atoms with Crippen LogP contribution in [-0.4, -0.2) is 23.7 Å². The Morgan fingerprint density at radius 1 is 1.50 bits per heavy atom. The molecule has 0 aromatic heterocycles. The lowest BCUT2D eigenvalue weighted by molar-refractivity contribution is -0.145. The molecule has 1 N–H and O–H groups in total. The summed E-state index contributed by atoms with van der Waals surface area (Å²) in [5.74, 6) is -1.45. The van der Waals surface area contributed by atoms with Crippen LogP contribution in [0.25, 0.3) is 0 Å². The van der Waals surface area contributed by atoms with E-state index in [1.54, 1.807) is 0 Å². The van der Waals surface area contributed by atoms with Gasteiger partial charge in [0.25, 0.3) is 0 Å². The average Bonchev–Trinajstić information content (AvgIpc) is 1.87. The fourth-order valence-corrected chi connectivity index (χ4v) is 0.324. The van der Waals surface area contributed by atoms with Crippen LogP contribution in [0.5, 0.6) is 0 Å². The number of hydrogen-bond acceptors (Lipinski definition) is 3. The fraction of sp³-hybridized carbons (Fsp3) is 0.500. The average molecular weight is 145 g/mol. The zero-order valence-electron chi connectivity index (χ0n) is 5.50. The van der Waals surface area contributed by atoms with Gasteiger partial charge < -0.3 is 9.84 Å². The van der Waals surface area contributed by atoms with Crippen LogP contribution in [-0.2, 0) is 14.3 Å². The second-order valence-electron chi connectivity index (χ2n) is 1.61. The number of carboxylic acid groups (broad SMARTS) is 1. The summed E-state index contributed by atoms with van der Waals surface area (Å²) in [6.45, 7) is 3.20. The molecule has 0 aliphatic heterocycles. The first-order chi connectivity index (χ1) is 4.66. The van der Waals surface area contributed by atoms with Gasteiger partial charge in [-0.1, -0.05) is 0 Å². The van der Waals surface area contributed by atoms with Crippen molar-refractivity contribution in [2.24, 2.45) is 0 Å². The van der Waals surface area contributed by atoms with Crippen LogP contribution in [0.15, 0.2) is 0 Å². The predicted octanol–water partition coefficient (Wildman–Crippen LogP) is 0.228. The molecule has 0 unspecified atom stereocenters. The van der Waals surface area contributed by atoms with Gasteiger partial charge in [-0.05, 0) is 6.92 Å². The van der Waals surface area contributed by atoms with Crippen LogP contribution < -0.4 is 0 Å². The van der Waals surface area contributed by atoms with Gasteiger partial charge in [-0.3, -0.25) is 9.59 Å². The molecule has 10 heavy (non-hydrogen) atoms. The summed E-state index contributed by atoms with van der Waals surface area (Å²) in [4.78, 5) is 20.2. The van der Waals surface area contributed by atoms with E-state index < -0.39 is 11.9 Å². The summed E-state index contributed by atoms with van der Waals surface area (Å²) in [6, 6.07) is 0. The lowest BCUT2D eigenvalue weighted by atomic mass is 10.4. The maximum atomic E-state index is 10.3. The normalized spacial score (nSPS) is 8.90. The Hall–Kier alpha value is -1.06. The minimum Gasteiger partial charge on any atom is -0.481 e. The van der Waals surface area contributed by atoms with E-state index in [9.17, 15) is 9.59 Å². The lowest BCUT2D eigenvalue weighted by Crippen LogP contribution is -2.07. The number of aliphatic carboxylic acids is 1. The summed E-state index contributed by atoms with van der Waals surface area (Å²) in [7, 11) is 0. The highest BCUT2D eigenvalue weighted by molar-refractivity contribution is 5.71. The Labute approximate surface area is 58.8 Å².